The Bertz CT molecular complexity index is 916. The molecular formula is C19H24N4O. The Labute approximate surface area is 141 Å². The second kappa shape index (κ2) is 6.07. The Kier molecular flexibility index (Phi) is 3.90. The average Bonchev–Trinajstić information content (AvgIpc) is 2.98. The summed E-state index contributed by atoms with van der Waals surface area (Å²) in [6, 6.07) is 10.6. The van der Waals surface area contributed by atoms with Crippen LogP contribution in [0.1, 0.15) is 18.4 Å². The number of para-hydroxylation sites is 1. The average molecular weight is 324 g/mol. The van der Waals surface area contributed by atoms with Crippen LogP contribution in [-0.4, -0.2) is 52.4 Å². The maximum absolute atomic E-state index is 12.2. The highest BCUT2D eigenvalue weighted by molar-refractivity contribution is 5.80. The first-order chi connectivity index (χ1) is 11.6. The van der Waals surface area contributed by atoms with E-state index in [9.17, 15) is 4.79 Å². The SMILES string of the molecule is CN(C)C1CCN(Cc2cc3[nH]c(=O)c4ccccc4n3c2)CC1. The third-order valence-corrected chi connectivity index (χ3v) is 5.22. The molecule has 0 bridgehead atoms. The summed E-state index contributed by atoms with van der Waals surface area (Å²) in [5.41, 5.74) is 3.07. The number of H-pyrrole nitrogens is 1. The van der Waals surface area contributed by atoms with Gasteiger partial charge in [0.25, 0.3) is 5.56 Å². The van der Waals surface area contributed by atoms with Gasteiger partial charge in [-0.05, 0) is 63.8 Å². The van der Waals surface area contributed by atoms with Crippen LogP contribution in [0.2, 0.25) is 0 Å². The molecule has 0 amide bonds. The fourth-order valence-corrected chi connectivity index (χ4v) is 3.81. The third kappa shape index (κ3) is 2.74. The van der Waals surface area contributed by atoms with E-state index < -0.39 is 0 Å². The van der Waals surface area contributed by atoms with Crippen molar-refractivity contribution in [3.8, 4) is 0 Å². The molecule has 0 saturated carbocycles. The maximum atomic E-state index is 12.2. The van der Waals surface area contributed by atoms with Gasteiger partial charge in [0, 0.05) is 18.8 Å². The quantitative estimate of drug-likeness (QED) is 0.804. The fourth-order valence-electron chi connectivity index (χ4n) is 3.81. The van der Waals surface area contributed by atoms with E-state index in [-0.39, 0.29) is 5.56 Å². The number of hydrogen-bond donors (Lipinski definition) is 1. The van der Waals surface area contributed by atoms with Crippen LogP contribution >= 0.6 is 0 Å². The van der Waals surface area contributed by atoms with Gasteiger partial charge in [-0.1, -0.05) is 12.1 Å². The zero-order valence-electron chi connectivity index (χ0n) is 14.3. The van der Waals surface area contributed by atoms with Crippen molar-refractivity contribution in [1.82, 2.24) is 19.2 Å². The molecule has 3 aromatic rings. The first-order valence-corrected chi connectivity index (χ1v) is 8.62. The number of rotatable bonds is 3. The van der Waals surface area contributed by atoms with Gasteiger partial charge in [-0.3, -0.25) is 9.69 Å². The topological polar surface area (TPSA) is 43.8 Å². The summed E-state index contributed by atoms with van der Waals surface area (Å²) in [4.78, 5) is 20.0. The minimum absolute atomic E-state index is 0.0189. The third-order valence-electron chi connectivity index (χ3n) is 5.22. The standard InChI is InChI=1S/C19H24N4O/c1-21(2)15-7-9-22(10-8-15)12-14-11-18-20-19(24)16-5-3-4-6-17(16)23(18)13-14/h3-6,11,13,15H,7-10,12H2,1-2H3,(H,20,24). The Morgan fingerprint density at radius 2 is 1.96 bits per heavy atom. The van der Waals surface area contributed by atoms with E-state index in [0.717, 1.165) is 36.2 Å². The minimum Gasteiger partial charge on any atom is -0.308 e. The predicted molar refractivity (Wildman–Crippen MR) is 97.5 cm³/mol. The first kappa shape index (κ1) is 15.4. The summed E-state index contributed by atoms with van der Waals surface area (Å²) < 4.78 is 2.10. The van der Waals surface area contributed by atoms with Crippen LogP contribution in [0.5, 0.6) is 0 Å². The molecule has 1 aliphatic heterocycles. The van der Waals surface area contributed by atoms with E-state index in [2.05, 4.69) is 45.5 Å². The number of piperidine rings is 1. The number of aromatic nitrogens is 2. The molecular weight excluding hydrogens is 300 g/mol. The van der Waals surface area contributed by atoms with Crippen molar-refractivity contribution < 1.29 is 0 Å². The van der Waals surface area contributed by atoms with Gasteiger partial charge in [0.15, 0.2) is 0 Å². The number of nitrogens with one attached hydrogen (secondary N) is 1. The number of likely N-dealkylation sites (tertiary alicyclic amines) is 1. The van der Waals surface area contributed by atoms with Gasteiger partial charge in [0.2, 0.25) is 0 Å². The summed E-state index contributed by atoms with van der Waals surface area (Å²) in [5.74, 6) is 0. The predicted octanol–water partition coefficient (Wildman–Crippen LogP) is 2.31. The normalized spacial score (nSPS) is 17.3. The van der Waals surface area contributed by atoms with Crippen molar-refractivity contribution in [3.05, 3.63) is 52.4 Å². The highest BCUT2D eigenvalue weighted by atomic mass is 16.1. The summed E-state index contributed by atoms with van der Waals surface area (Å²) in [6.45, 7) is 3.21. The molecule has 1 saturated heterocycles. The molecule has 1 aromatic carbocycles. The Morgan fingerprint density at radius 3 is 2.71 bits per heavy atom. The van der Waals surface area contributed by atoms with Crippen molar-refractivity contribution in [1.29, 1.82) is 0 Å². The second-order valence-corrected chi connectivity index (χ2v) is 7.05. The second-order valence-electron chi connectivity index (χ2n) is 7.05. The smallest absolute Gasteiger partial charge is 0.258 e. The van der Waals surface area contributed by atoms with Gasteiger partial charge in [0.05, 0.1) is 10.9 Å². The van der Waals surface area contributed by atoms with Crippen LogP contribution in [0.25, 0.3) is 16.6 Å². The monoisotopic (exact) mass is 324 g/mol. The van der Waals surface area contributed by atoms with Gasteiger partial charge >= 0.3 is 0 Å². The molecule has 3 heterocycles. The molecule has 0 unspecified atom stereocenters. The highest BCUT2D eigenvalue weighted by Crippen LogP contribution is 2.19. The first-order valence-electron chi connectivity index (χ1n) is 8.62. The van der Waals surface area contributed by atoms with Gasteiger partial charge in [-0.15, -0.1) is 0 Å². The van der Waals surface area contributed by atoms with Gasteiger partial charge < -0.3 is 14.3 Å². The minimum atomic E-state index is -0.0189. The lowest BCUT2D eigenvalue weighted by molar-refractivity contribution is 0.140. The molecule has 0 radical (unpaired) electrons. The lowest BCUT2D eigenvalue weighted by Crippen LogP contribution is -2.41. The Morgan fingerprint density at radius 1 is 1.21 bits per heavy atom. The van der Waals surface area contributed by atoms with Crippen LogP contribution in [0.3, 0.4) is 0 Å². The van der Waals surface area contributed by atoms with E-state index in [1.54, 1.807) is 0 Å². The van der Waals surface area contributed by atoms with Crippen molar-refractivity contribution >= 4 is 16.6 Å². The molecule has 2 aromatic heterocycles. The molecule has 5 nitrogen and oxygen atoms in total. The van der Waals surface area contributed by atoms with Crippen LogP contribution in [0, 0.1) is 0 Å². The zero-order valence-corrected chi connectivity index (χ0v) is 14.3. The van der Waals surface area contributed by atoms with Gasteiger partial charge in [-0.2, -0.15) is 0 Å². The van der Waals surface area contributed by atoms with E-state index in [1.807, 2.05) is 24.3 Å². The maximum Gasteiger partial charge on any atom is 0.258 e. The van der Waals surface area contributed by atoms with Crippen LogP contribution in [0.4, 0.5) is 0 Å². The molecule has 1 fully saturated rings. The molecule has 1 N–H and O–H groups in total. The van der Waals surface area contributed by atoms with Crippen LogP contribution < -0.4 is 5.56 Å². The van der Waals surface area contributed by atoms with Crippen LogP contribution in [-0.2, 0) is 6.54 Å². The molecule has 5 heteroatoms. The van der Waals surface area contributed by atoms with Crippen LogP contribution in [0.15, 0.2) is 41.3 Å². The zero-order chi connectivity index (χ0) is 16.7. The van der Waals surface area contributed by atoms with Crippen molar-refractivity contribution in [3.63, 3.8) is 0 Å². The fraction of sp³-hybridized carbons (Fsp3) is 0.421. The van der Waals surface area contributed by atoms with E-state index >= 15 is 0 Å². The molecule has 24 heavy (non-hydrogen) atoms. The van der Waals surface area contributed by atoms with Crippen molar-refractivity contribution in [2.75, 3.05) is 27.2 Å². The number of nitrogens with zero attached hydrogens (tertiary/aromatic N) is 3. The Hall–Kier alpha value is -2.11. The summed E-state index contributed by atoms with van der Waals surface area (Å²) in [6.07, 6.45) is 4.60. The lowest BCUT2D eigenvalue weighted by atomic mass is 10.0. The lowest BCUT2D eigenvalue weighted by Gasteiger charge is -2.35. The summed E-state index contributed by atoms with van der Waals surface area (Å²) >= 11 is 0. The van der Waals surface area contributed by atoms with E-state index in [1.165, 1.54) is 18.4 Å². The summed E-state index contributed by atoms with van der Waals surface area (Å²) in [5, 5.41) is 0.735. The molecule has 4 rings (SSSR count). The number of hydrogen-bond acceptors (Lipinski definition) is 3. The Balaban J connectivity index is 1.60. The van der Waals surface area contributed by atoms with Crippen molar-refractivity contribution in [2.24, 2.45) is 0 Å². The molecule has 0 spiro atoms. The number of fused-ring (bicyclic) bond motifs is 3. The number of aromatic amines is 1. The molecule has 0 aliphatic carbocycles. The van der Waals surface area contributed by atoms with Gasteiger partial charge in [-0.25, -0.2) is 0 Å². The summed E-state index contributed by atoms with van der Waals surface area (Å²) in [7, 11) is 4.34. The molecule has 0 atom stereocenters. The highest BCUT2D eigenvalue weighted by Gasteiger charge is 2.20. The van der Waals surface area contributed by atoms with Gasteiger partial charge in [0.1, 0.15) is 5.65 Å². The van der Waals surface area contributed by atoms with E-state index in [0.29, 0.717) is 6.04 Å². The van der Waals surface area contributed by atoms with Crippen molar-refractivity contribution in [2.45, 2.75) is 25.4 Å². The molecule has 1 aliphatic rings. The molecule has 126 valence electrons. The van der Waals surface area contributed by atoms with E-state index in [4.69, 9.17) is 0 Å². The largest absolute Gasteiger partial charge is 0.308 e. The number of benzene rings is 1.